The molecule has 1 amide bonds. The molecule has 2 bridgehead atoms. The van der Waals surface area contributed by atoms with Gasteiger partial charge in [-0.2, -0.15) is 10.2 Å². The molecule has 2 saturated heterocycles. The number of nitrogens with one attached hydrogen (secondary N) is 1. The van der Waals surface area contributed by atoms with E-state index in [1.165, 1.54) is 18.2 Å². The fourth-order valence-electron chi connectivity index (χ4n) is 5.10. The van der Waals surface area contributed by atoms with Gasteiger partial charge in [0, 0.05) is 59.1 Å². The van der Waals surface area contributed by atoms with Gasteiger partial charge in [-0.1, -0.05) is 11.6 Å². The number of aryl methyl sites for hydroxylation is 1. The molecule has 188 valence electrons. The third-order valence-corrected chi connectivity index (χ3v) is 7.36. The van der Waals surface area contributed by atoms with Gasteiger partial charge in [-0.3, -0.25) is 9.88 Å². The lowest BCUT2D eigenvalue weighted by Gasteiger charge is -2.31. The standard InChI is InChI=1S/C27H24ClFN6O2/c1-15-24(12-26(33-32-15)21-9-16(28)3-6-22(21)29)31-23-7-8-30-25-11-19(4-5-20(23)25)37-27(36)35-14-17-10-18(35)13-34(17)2/h3-9,11-12,17-18H,10,13-14H2,1-2H3,(H,30,31,33). The minimum atomic E-state index is -0.432. The first kappa shape index (κ1) is 23.6. The number of carbonyl (C=O) groups is 1. The number of hydrogen-bond donors (Lipinski definition) is 1. The SMILES string of the molecule is Cc1nnc(-c2cc(Cl)ccc2F)cc1Nc1ccnc2cc(OC(=O)N3CC4CC3CN4C)ccc12. The number of piperazine rings is 1. The fourth-order valence-corrected chi connectivity index (χ4v) is 5.27. The van der Waals surface area contributed by atoms with Gasteiger partial charge in [-0.15, -0.1) is 0 Å². The summed E-state index contributed by atoms with van der Waals surface area (Å²) in [6.45, 7) is 3.39. The average Bonchev–Trinajstić information content (AvgIpc) is 3.47. The smallest absolute Gasteiger partial charge is 0.410 e. The highest BCUT2D eigenvalue weighted by molar-refractivity contribution is 6.30. The zero-order valence-corrected chi connectivity index (χ0v) is 21.0. The predicted molar refractivity (Wildman–Crippen MR) is 140 cm³/mol. The Balaban J connectivity index is 1.25. The molecule has 0 saturated carbocycles. The van der Waals surface area contributed by atoms with Crippen LogP contribution in [-0.2, 0) is 0 Å². The van der Waals surface area contributed by atoms with E-state index in [2.05, 4.69) is 32.4 Å². The number of benzene rings is 2. The third-order valence-electron chi connectivity index (χ3n) is 7.12. The van der Waals surface area contributed by atoms with Crippen molar-refractivity contribution >= 4 is 40.0 Å². The van der Waals surface area contributed by atoms with Gasteiger partial charge in [-0.25, -0.2) is 9.18 Å². The van der Waals surface area contributed by atoms with Crippen LogP contribution in [0.4, 0.5) is 20.6 Å². The number of anilines is 2. The largest absolute Gasteiger partial charge is 0.415 e. The van der Waals surface area contributed by atoms with Crippen LogP contribution in [0.15, 0.2) is 54.7 Å². The number of nitrogens with zero attached hydrogens (tertiary/aromatic N) is 5. The number of likely N-dealkylation sites (tertiary alicyclic amines) is 2. The second-order valence-electron chi connectivity index (χ2n) is 9.52. The first-order valence-corrected chi connectivity index (χ1v) is 12.4. The molecule has 6 rings (SSSR count). The molecule has 0 aliphatic carbocycles. The molecule has 2 fully saturated rings. The topological polar surface area (TPSA) is 83.5 Å². The van der Waals surface area contributed by atoms with Gasteiger partial charge in [0.05, 0.1) is 22.6 Å². The lowest BCUT2D eigenvalue weighted by Crippen LogP contribution is -2.48. The van der Waals surface area contributed by atoms with Gasteiger partial charge < -0.3 is 15.0 Å². The number of amides is 1. The van der Waals surface area contributed by atoms with Gasteiger partial charge in [-0.05, 0) is 62.9 Å². The molecule has 37 heavy (non-hydrogen) atoms. The maximum absolute atomic E-state index is 14.4. The normalized spacial score (nSPS) is 19.0. The van der Waals surface area contributed by atoms with E-state index >= 15 is 0 Å². The van der Waals surface area contributed by atoms with Crippen molar-refractivity contribution in [2.24, 2.45) is 0 Å². The Morgan fingerprint density at radius 1 is 1.08 bits per heavy atom. The van der Waals surface area contributed by atoms with Gasteiger partial charge >= 0.3 is 6.09 Å². The van der Waals surface area contributed by atoms with Gasteiger partial charge in [0.25, 0.3) is 0 Å². The summed E-state index contributed by atoms with van der Waals surface area (Å²) < 4.78 is 20.1. The minimum absolute atomic E-state index is 0.208. The highest BCUT2D eigenvalue weighted by Crippen LogP contribution is 2.33. The molecular weight excluding hydrogens is 495 g/mol. The average molecular weight is 519 g/mol. The minimum Gasteiger partial charge on any atom is -0.410 e. The zero-order valence-electron chi connectivity index (χ0n) is 20.3. The van der Waals surface area contributed by atoms with Crippen molar-refractivity contribution in [2.45, 2.75) is 25.4 Å². The number of halogens is 2. The zero-order chi connectivity index (χ0) is 25.7. The van der Waals surface area contributed by atoms with Crippen LogP contribution >= 0.6 is 11.6 Å². The van der Waals surface area contributed by atoms with Crippen molar-refractivity contribution < 1.29 is 13.9 Å². The summed E-state index contributed by atoms with van der Waals surface area (Å²) in [6.07, 6.45) is 2.34. The molecule has 0 spiro atoms. The Hall–Kier alpha value is -3.82. The van der Waals surface area contributed by atoms with E-state index in [1.54, 1.807) is 24.4 Å². The van der Waals surface area contributed by atoms with E-state index in [4.69, 9.17) is 16.3 Å². The van der Waals surface area contributed by atoms with E-state index in [1.807, 2.05) is 24.0 Å². The Morgan fingerprint density at radius 3 is 2.73 bits per heavy atom. The Bertz CT molecular complexity index is 1530. The number of aromatic nitrogens is 3. The predicted octanol–water partition coefficient (Wildman–Crippen LogP) is 5.42. The second-order valence-corrected chi connectivity index (χ2v) is 9.95. The molecule has 2 aliphatic rings. The summed E-state index contributed by atoms with van der Waals surface area (Å²) in [4.78, 5) is 21.4. The van der Waals surface area contributed by atoms with E-state index < -0.39 is 5.82 Å². The van der Waals surface area contributed by atoms with E-state index in [9.17, 15) is 9.18 Å². The number of rotatable bonds is 4. The molecule has 2 aromatic heterocycles. The molecule has 2 unspecified atom stereocenters. The Kier molecular flexibility index (Phi) is 5.89. The lowest BCUT2D eigenvalue weighted by atomic mass is 10.1. The fraction of sp³-hybridized carbons (Fsp3) is 0.259. The number of carbonyl (C=O) groups excluding carboxylic acids is 1. The molecule has 2 aliphatic heterocycles. The quantitative estimate of drug-likeness (QED) is 0.386. The Labute approximate surface area is 218 Å². The summed E-state index contributed by atoms with van der Waals surface area (Å²) in [5.41, 5.74) is 3.39. The first-order valence-electron chi connectivity index (χ1n) is 12.0. The van der Waals surface area contributed by atoms with Crippen LogP contribution in [0.25, 0.3) is 22.2 Å². The van der Waals surface area contributed by atoms with Crippen LogP contribution in [0.1, 0.15) is 12.1 Å². The molecule has 10 heteroatoms. The number of ether oxygens (including phenoxy) is 1. The van der Waals surface area contributed by atoms with Crippen molar-refractivity contribution in [1.29, 1.82) is 0 Å². The summed E-state index contributed by atoms with van der Waals surface area (Å²) in [7, 11) is 2.09. The molecule has 2 aromatic carbocycles. The summed E-state index contributed by atoms with van der Waals surface area (Å²) in [6, 6.07) is 13.9. The molecule has 4 heterocycles. The van der Waals surface area contributed by atoms with E-state index in [0.717, 1.165) is 24.0 Å². The van der Waals surface area contributed by atoms with Crippen molar-refractivity contribution in [2.75, 3.05) is 25.5 Å². The molecular formula is C27H24ClFN6O2. The number of hydrogen-bond acceptors (Lipinski definition) is 7. The highest BCUT2D eigenvalue weighted by atomic mass is 35.5. The molecule has 0 radical (unpaired) electrons. The summed E-state index contributed by atoms with van der Waals surface area (Å²) >= 11 is 6.06. The second kappa shape index (κ2) is 9.24. The van der Waals surface area contributed by atoms with Gasteiger partial charge in [0.15, 0.2) is 0 Å². The van der Waals surface area contributed by atoms with Gasteiger partial charge in [0.1, 0.15) is 11.6 Å². The van der Waals surface area contributed by atoms with E-state index in [-0.39, 0.29) is 17.7 Å². The number of likely N-dealkylation sites (N-methyl/N-ethyl adjacent to an activating group) is 1. The molecule has 2 atom stereocenters. The Morgan fingerprint density at radius 2 is 1.95 bits per heavy atom. The number of pyridine rings is 1. The third kappa shape index (κ3) is 4.45. The van der Waals surface area contributed by atoms with Crippen molar-refractivity contribution in [3.05, 3.63) is 71.3 Å². The molecule has 4 aromatic rings. The molecule has 1 N–H and O–H groups in total. The van der Waals surface area contributed by atoms with Crippen LogP contribution in [0.3, 0.4) is 0 Å². The maximum atomic E-state index is 14.4. The van der Waals surface area contributed by atoms with Crippen LogP contribution < -0.4 is 10.1 Å². The molecule has 8 nitrogen and oxygen atoms in total. The number of fused-ring (bicyclic) bond motifs is 3. The first-order chi connectivity index (χ1) is 17.9. The lowest BCUT2D eigenvalue weighted by molar-refractivity contribution is 0.118. The van der Waals surface area contributed by atoms with Gasteiger partial charge in [0.2, 0.25) is 0 Å². The van der Waals surface area contributed by atoms with Crippen LogP contribution in [0.5, 0.6) is 5.75 Å². The van der Waals surface area contributed by atoms with E-state index in [0.29, 0.717) is 46.0 Å². The van der Waals surface area contributed by atoms with Crippen molar-refractivity contribution in [3.63, 3.8) is 0 Å². The van der Waals surface area contributed by atoms with Crippen molar-refractivity contribution in [3.8, 4) is 17.0 Å². The van der Waals surface area contributed by atoms with Crippen molar-refractivity contribution in [1.82, 2.24) is 25.0 Å². The maximum Gasteiger partial charge on any atom is 0.415 e. The van der Waals surface area contributed by atoms with Crippen LogP contribution in [-0.4, -0.2) is 63.3 Å². The van der Waals surface area contributed by atoms with Crippen LogP contribution in [0, 0.1) is 12.7 Å². The summed E-state index contributed by atoms with van der Waals surface area (Å²) in [5.74, 6) is 0.0116. The monoisotopic (exact) mass is 518 g/mol. The summed E-state index contributed by atoms with van der Waals surface area (Å²) in [5, 5.41) is 13.0. The van der Waals surface area contributed by atoms with Crippen LogP contribution in [0.2, 0.25) is 5.02 Å². The highest BCUT2D eigenvalue weighted by Gasteiger charge is 2.44.